The zero-order valence-electron chi connectivity index (χ0n) is 12.9. The molecule has 124 valence electrons. The van der Waals surface area contributed by atoms with Crippen molar-refractivity contribution < 1.29 is 5.11 Å². The van der Waals surface area contributed by atoms with E-state index in [4.69, 9.17) is 0 Å². The van der Waals surface area contributed by atoms with Crippen LogP contribution >= 0.6 is 11.3 Å². The van der Waals surface area contributed by atoms with Crippen molar-refractivity contribution in [2.45, 2.75) is 6.92 Å². The van der Waals surface area contributed by atoms with E-state index in [2.05, 4.69) is 15.1 Å². The second-order valence-corrected chi connectivity index (χ2v) is 5.83. The van der Waals surface area contributed by atoms with Gasteiger partial charge >= 0.3 is 5.69 Å². The lowest BCUT2D eigenvalue weighted by atomic mass is 10.3. The minimum atomic E-state index is -0.673. The summed E-state index contributed by atoms with van der Waals surface area (Å²) >= 11 is 1.16. The molecule has 11 heteroatoms. The van der Waals surface area contributed by atoms with E-state index in [9.17, 15) is 19.5 Å². The maximum atomic E-state index is 12.1. The van der Waals surface area contributed by atoms with Crippen molar-refractivity contribution in [2.75, 3.05) is 0 Å². The largest absolute Gasteiger partial charge is 0.494 e. The standard InChI is InChI=1S/C13H12N6O4S/c1-6-9(20)15-12-19(16-6)8(5-24-12)14-4-7-10(21)17(2)13(23)18(3)11(7)22/h4-5,21H,1-3H3/b14-4+. The van der Waals surface area contributed by atoms with E-state index in [1.54, 1.807) is 5.38 Å². The number of aromatic nitrogens is 5. The fourth-order valence-electron chi connectivity index (χ4n) is 2.02. The van der Waals surface area contributed by atoms with Crippen LogP contribution in [-0.2, 0) is 14.1 Å². The number of hydrogen-bond donors (Lipinski definition) is 1. The summed E-state index contributed by atoms with van der Waals surface area (Å²) in [5.41, 5.74) is -1.66. The van der Waals surface area contributed by atoms with E-state index in [0.717, 1.165) is 26.7 Å². The van der Waals surface area contributed by atoms with Crippen molar-refractivity contribution in [1.82, 2.24) is 23.7 Å². The SMILES string of the molecule is Cc1nn2c(/N=C/c3c(O)n(C)c(=O)n(C)c3=O)csc2nc1=O. The summed E-state index contributed by atoms with van der Waals surface area (Å²) in [6.07, 6.45) is 1.15. The fraction of sp³-hybridized carbons (Fsp3) is 0.231. The maximum Gasteiger partial charge on any atom is 0.333 e. The van der Waals surface area contributed by atoms with E-state index in [0.29, 0.717) is 10.8 Å². The fourth-order valence-corrected chi connectivity index (χ4v) is 2.76. The smallest absolute Gasteiger partial charge is 0.333 e. The number of thiazole rings is 1. The molecule has 0 saturated heterocycles. The number of aromatic hydroxyl groups is 1. The lowest BCUT2D eigenvalue weighted by molar-refractivity contribution is 0.410. The van der Waals surface area contributed by atoms with Crippen molar-refractivity contribution >= 4 is 28.3 Å². The Hall–Kier alpha value is -3.08. The third kappa shape index (κ3) is 2.34. The molecule has 0 aliphatic rings. The first-order chi connectivity index (χ1) is 11.3. The van der Waals surface area contributed by atoms with Crippen molar-refractivity contribution in [3.05, 3.63) is 47.8 Å². The Morgan fingerprint density at radius 3 is 2.67 bits per heavy atom. The molecule has 0 aromatic carbocycles. The highest BCUT2D eigenvalue weighted by Crippen LogP contribution is 2.19. The van der Waals surface area contributed by atoms with Crippen LogP contribution in [-0.4, -0.2) is 35.1 Å². The average Bonchev–Trinajstić information content (AvgIpc) is 2.93. The van der Waals surface area contributed by atoms with E-state index in [-0.39, 0.29) is 11.3 Å². The summed E-state index contributed by atoms with van der Waals surface area (Å²) in [4.78, 5) is 43.6. The number of nitrogens with zero attached hydrogens (tertiary/aromatic N) is 6. The quantitative estimate of drug-likeness (QED) is 0.612. The molecule has 0 atom stereocenters. The Bertz CT molecular complexity index is 1170. The molecule has 24 heavy (non-hydrogen) atoms. The number of aliphatic imine (C=N–C) groups is 1. The first-order valence-corrected chi connectivity index (χ1v) is 7.57. The van der Waals surface area contributed by atoms with Gasteiger partial charge < -0.3 is 5.11 Å². The van der Waals surface area contributed by atoms with E-state index < -0.39 is 22.7 Å². The van der Waals surface area contributed by atoms with Crippen LogP contribution in [0.5, 0.6) is 5.88 Å². The molecule has 0 unspecified atom stereocenters. The van der Waals surface area contributed by atoms with Crippen LogP contribution in [0.2, 0.25) is 0 Å². The monoisotopic (exact) mass is 348 g/mol. The molecule has 0 fully saturated rings. The first-order valence-electron chi connectivity index (χ1n) is 6.69. The molecule has 0 aliphatic heterocycles. The summed E-state index contributed by atoms with van der Waals surface area (Å²) in [6.45, 7) is 1.53. The highest BCUT2D eigenvalue weighted by molar-refractivity contribution is 7.15. The molecule has 0 amide bonds. The zero-order valence-corrected chi connectivity index (χ0v) is 13.7. The maximum absolute atomic E-state index is 12.1. The van der Waals surface area contributed by atoms with E-state index >= 15 is 0 Å². The minimum absolute atomic E-state index is 0.135. The Morgan fingerprint density at radius 2 is 1.96 bits per heavy atom. The Morgan fingerprint density at radius 1 is 1.25 bits per heavy atom. The molecule has 0 saturated carbocycles. The van der Waals surface area contributed by atoms with E-state index in [1.165, 1.54) is 25.5 Å². The van der Waals surface area contributed by atoms with Gasteiger partial charge in [-0.2, -0.15) is 14.6 Å². The van der Waals surface area contributed by atoms with Gasteiger partial charge in [-0.1, -0.05) is 0 Å². The Labute approximate surface area is 137 Å². The second-order valence-electron chi connectivity index (χ2n) is 4.99. The number of rotatable bonds is 2. The van der Waals surface area contributed by atoms with Gasteiger partial charge in [-0.3, -0.25) is 18.7 Å². The summed E-state index contributed by atoms with van der Waals surface area (Å²) in [7, 11) is 2.65. The lowest BCUT2D eigenvalue weighted by Crippen LogP contribution is -2.38. The van der Waals surface area contributed by atoms with Gasteiger partial charge in [-0.05, 0) is 6.92 Å². The van der Waals surface area contributed by atoms with Gasteiger partial charge in [0.15, 0.2) is 5.82 Å². The van der Waals surface area contributed by atoms with Crippen molar-refractivity contribution in [2.24, 2.45) is 19.1 Å². The third-order valence-corrected chi connectivity index (χ3v) is 4.22. The van der Waals surface area contributed by atoms with E-state index in [1.807, 2.05) is 0 Å². The van der Waals surface area contributed by atoms with Gasteiger partial charge in [0.05, 0.1) is 0 Å². The van der Waals surface area contributed by atoms with Gasteiger partial charge in [-0.15, -0.1) is 11.3 Å². The number of aryl methyl sites for hydroxylation is 1. The molecule has 3 aromatic heterocycles. The van der Waals surface area contributed by atoms with Crippen LogP contribution in [0, 0.1) is 6.92 Å². The lowest BCUT2D eigenvalue weighted by Gasteiger charge is -2.06. The van der Waals surface area contributed by atoms with Crippen molar-refractivity contribution in [3.8, 4) is 5.88 Å². The summed E-state index contributed by atoms with van der Waals surface area (Å²) in [5, 5.41) is 15.7. The van der Waals surface area contributed by atoms with Gasteiger partial charge in [0.2, 0.25) is 10.8 Å². The Kier molecular flexibility index (Phi) is 3.64. The molecule has 0 bridgehead atoms. The first kappa shape index (κ1) is 15.8. The van der Waals surface area contributed by atoms with Crippen molar-refractivity contribution in [3.63, 3.8) is 0 Å². The molecule has 10 nitrogen and oxygen atoms in total. The van der Waals surface area contributed by atoms with Crippen LogP contribution in [0.4, 0.5) is 5.82 Å². The van der Waals surface area contributed by atoms with Crippen LogP contribution in [0.1, 0.15) is 11.3 Å². The molecule has 3 rings (SSSR count). The van der Waals surface area contributed by atoms with Gasteiger partial charge in [0.1, 0.15) is 11.3 Å². The molecule has 3 heterocycles. The highest BCUT2D eigenvalue weighted by Gasteiger charge is 2.13. The molecule has 1 N–H and O–H groups in total. The van der Waals surface area contributed by atoms with Crippen LogP contribution in [0.3, 0.4) is 0 Å². The predicted molar refractivity (Wildman–Crippen MR) is 87.7 cm³/mol. The molecule has 0 spiro atoms. The average molecular weight is 348 g/mol. The zero-order chi connectivity index (χ0) is 17.6. The molecule has 0 aliphatic carbocycles. The molecular weight excluding hydrogens is 336 g/mol. The van der Waals surface area contributed by atoms with Gasteiger partial charge in [0.25, 0.3) is 11.1 Å². The Balaban J connectivity index is 2.17. The van der Waals surface area contributed by atoms with Gasteiger partial charge in [-0.25, -0.2) is 9.79 Å². The molecule has 3 aromatic rings. The topological polar surface area (TPSA) is 124 Å². The van der Waals surface area contributed by atoms with Gasteiger partial charge in [0, 0.05) is 25.7 Å². The normalized spacial score (nSPS) is 11.6. The van der Waals surface area contributed by atoms with Crippen LogP contribution in [0.25, 0.3) is 4.96 Å². The number of fused-ring (bicyclic) bond motifs is 1. The van der Waals surface area contributed by atoms with Crippen molar-refractivity contribution in [1.29, 1.82) is 0 Å². The third-order valence-electron chi connectivity index (χ3n) is 3.42. The van der Waals surface area contributed by atoms with Crippen LogP contribution < -0.4 is 16.8 Å². The summed E-state index contributed by atoms with van der Waals surface area (Å²) in [6, 6.07) is 0. The molecular formula is C13H12N6O4S. The second kappa shape index (κ2) is 5.53. The molecule has 0 radical (unpaired) electrons. The minimum Gasteiger partial charge on any atom is -0.494 e. The predicted octanol–water partition coefficient (Wildman–Crippen LogP) is -0.687. The number of hydrogen-bond acceptors (Lipinski definition) is 8. The summed E-state index contributed by atoms with van der Waals surface area (Å²) < 4.78 is 3.17. The summed E-state index contributed by atoms with van der Waals surface area (Å²) in [5.74, 6) is -0.151. The van der Waals surface area contributed by atoms with Crippen LogP contribution in [0.15, 0.2) is 24.8 Å². The highest BCUT2D eigenvalue weighted by atomic mass is 32.1.